The summed E-state index contributed by atoms with van der Waals surface area (Å²) in [4.78, 5) is 30.5. The molecule has 0 aliphatic carbocycles. The molecule has 2 aromatic heterocycles. The van der Waals surface area contributed by atoms with Crippen LogP contribution in [0.2, 0.25) is 0 Å². The highest BCUT2D eigenvalue weighted by molar-refractivity contribution is 7.16. The fourth-order valence-corrected chi connectivity index (χ4v) is 4.11. The Bertz CT molecular complexity index is 961. The number of aromatic nitrogens is 1. The summed E-state index contributed by atoms with van der Waals surface area (Å²) in [6.07, 6.45) is 0. The minimum atomic E-state index is -0.205. The van der Waals surface area contributed by atoms with Gasteiger partial charge in [0.05, 0.1) is 24.2 Å². The van der Waals surface area contributed by atoms with Crippen molar-refractivity contribution < 1.29 is 14.3 Å². The second-order valence-corrected chi connectivity index (χ2v) is 8.15. The van der Waals surface area contributed by atoms with Gasteiger partial charge in [-0.3, -0.25) is 14.9 Å². The van der Waals surface area contributed by atoms with Crippen molar-refractivity contribution in [3.8, 4) is 17.0 Å². The third-order valence-corrected chi connectivity index (χ3v) is 5.75. The number of aryl methyl sites for hydroxylation is 1. The molecule has 0 atom stereocenters. The zero-order valence-electron chi connectivity index (χ0n) is 15.2. The zero-order chi connectivity index (χ0) is 19.4. The van der Waals surface area contributed by atoms with E-state index in [-0.39, 0.29) is 11.8 Å². The minimum absolute atomic E-state index is 0.0984. The fourth-order valence-electron chi connectivity index (χ4n) is 2.43. The number of ether oxygens (including phenoxy) is 1. The Morgan fingerprint density at radius 2 is 1.85 bits per heavy atom. The summed E-state index contributed by atoms with van der Waals surface area (Å²) >= 11 is 2.79. The first-order chi connectivity index (χ1) is 13.0. The highest BCUT2D eigenvalue weighted by atomic mass is 32.1. The summed E-state index contributed by atoms with van der Waals surface area (Å²) in [5.41, 5.74) is 1.81. The molecule has 27 heavy (non-hydrogen) atoms. The van der Waals surface area contributed by atoms with Crippen molar-refractivity contribution in [2.75, 3.05) is 12.4 Å². The van der Waals surface area contributed by atoms with Gasteiger partial charge in [0.15, 0.2) is 5.13 Å². The Hall–Kier alpha value is -2.71. The standard InChI is InChI=1S/C19H19N3O3S2/c1-11-17(13-4-6-14(25-3)7-5-13)21-19(26-11)22-18(24)16-9-8-15(27-16)10-20-12(2)23/h4-9H,10H2,1-3H3,(H,20,23)(H,21,22,24). The molecule has 0 saturated carbocycles. The molecule has 0 aliphatic heterocycles. The summed E-state index contributed by atoms with van der Waals surface area (Å²) in [6.45, 7) is 3.86. The first-order valence-corrected chi connectivity index (χ1v) is 9.86. The molecule has 140 valence electrons. The van der Waals surface area contributed by atoms with Gasteiger partial charge in [-0.15, -0.1) is 22.7 Å². The predicted molar refractivity (Wildman–Crippen MR) is 109 cm³/mol. The van der Waals surface area contributed by atoms with E-state index >= 15 is 0 Å². The monoisotopic (exact) mass is 401 g/mol. The van der Waals surface area contributed by atoms with Crippen LogP contribution in [0.25, 0.3) is 11.3 Å². The van der Waals surface area contributed by atoms with Crippen molar-refractivity contribution in [2.24, 2.45) is 0 Å². The van der Waals surface area contributed by atoms with Crippen molar-refractivity contribution in [1.82, 2.24) is 10.3 Å². The number of amides is 2. The first-order valence-electron chi connectivity index (χ1n) is 8.22. The topological polar surface area (TPSA) is 80.3 Å². The van der Waals surface area contributed by atoms with Gasteiger partial charge in [0, 0.05) is 22.2 Å². The molecule has 0 spiro atoms. The number of hydrogen-bond donors (Lipinski definition) is 2. The largest absolute Gasteiger partial charge is 0.497 e. The second-order valence-electron chi connectivity index (χ2n) is 5.78. The Kier molecular flexibility index (Phi) is 5.88. The Morgan fingerprint density at radius 1 is 1.11 bits per heavy atom. The lowest BCUT2D eigenvalue weighted by atomic mass is 10.1. The predicted octanol–water partition coefficient (Wildman–Crippen LogP) is 4.08. The van der Waals surface area contributed by atoms with Crippen LogP contribution in [-0.4, -0.2) is 23.9 Å². The van der Waals surface area contributed by atoms with Gasteiger partial charge in [0.2, 0.25) is 5.91 Å². The van der Waals surface area contributed by atoms with Gasteiger partial charge in [0.25, 0.3) is 5.91 Å². The highest BCUT2D eigenvalue weighted by Crippen LogP contribution is 2.31. The molecular weight excluding hydrogens is 382 g/mol. The van der Waals surface area contributed by atoms with Gasteiger partial charge in [-0.05, 0) is 43.3 Å². The molecule has 8 heteroatoms. The molecule has 0 fully saturated rings. The van der Waals surface area contributed by atoms with E-state index in [0.29, 0.717) is 16.6 Å². The van der Waals surface area contributed by atoms with Gasteiger partial charge in [0.1, 0.15) is 5.75 Å². The third kappa shape index (κ3) is 4.72. The average molecular weight is 402 g/mol. The number of benzene rings is 1. The summed E-state index contributed by atoms with van der Waals surface area (Å²) < 4.78 is 5.18. The molecule has 6 nitrogen and oxygen atoms in total. The molecule has 3 aromatic rings. The molecule has 0 radical (unpaired) electrons. The Morgan fingerprint density at radius 3 is 2.52 bits per heavy atom. The van der Waals surface area contributed by atoms with E-state index in [1.165, 1.54) is 29.6 Å². The molecule has 2 amide bonds. The molecule has 1 aromatic carbocycles. The molecule has 0 unspecified atom stereocenters. The maximum absolute atomic E-state index is 12.5. The van der Waals surface area contributed by atoms with Crippen molar-refractivity contribution in [3.63, 3.8) is 0 Å². The number of thiazole rings is 1. The summed E-state index contributed by atoms with van der Waals surface area (Å²) in [5, 5.41) is 6.13. The third-order valence-electron chi connectivity index (χ3n) is 3.78. The zero-order valence-corrected chi connectivity index (χ0v) is 16.8. The van der Waals surface area contributed by atoms with E-state index in [0.717, 1.165) is 26.8 Å². The summed E-state index contributed by atoms with van der Waals surface area (Å²) in [7, 11) is 1.63. The van der Waals surface area contributed by atoms with Crippen LogP contribution < -0.4 is 15.4 Å². The van der Waals surface area contributed by atoms with Gasteiger partial charge < -0.3 is 10.1 Å². The number of rotatable bonds is 6. The average Bonchev–Trinajstić information content (AvgIpc) is 3.27. The number of anilines is 1. The molecule has 0 saturated heterocycles. The van der Waals surface area contributed by atoms with Crippen LogP contribution in [0.4, 0.5) is 5.13 Å². The van der Waals surface area contributed by atoms with E-state index in [1.807, 2.05) is 37.3 Å². The van der Waals surface area contributed by atoms with Crippen molar-refractivity contribution in [3.05, 3.63) is 51.0 Å². The maximum atomic E-state index is 12.5. The molecular formula is C19H19N3O3S2. The van der Waals surface area contributed by atoms with Gasteiger partial charge in [-0.1, -0.05) is 0 Å². The highest BCUT2D eigenvalue weighted by Gasteiger charge is 2.15. The lowest BCUT2D eigenvalue weighted by molar-refractivity contribution is -0.119. The minimum Gasteiger partial charge on any atom is -0.497 e. The van der Waals surface area contributed by atoms with Gasteiger partial charge in [-0.2, -0.15) is 0 Å². The normalized spacial score (nSPS) is 10.5. The number of nitrogens with one attached hydrogen (secondary N) is 2. The number of carbonyl (C=O) groups excluding carboxylic acids is 2. The lowest BCUT2D eigenvalue weighted by Crippen LogP contribution is -2.18. The SMILES string of the molecule is COc1ccc(-c2nc(NC(=O)c3ccc(CNC(C)=O)s3)sc2C)cc1. The van der Waals surface area contributed by atoms with Crippen LogP contribution in [0, 0.1) is 6.92 Å². The molecule has 3 rings (SSSR count). The second kappa shape index (κ2) is 8.32. The van der Waals surface area contributed by atoms with Crippen LogP contribution in [0.3, 0.4) is 0 Å². The van der Waals surface area contributed by atoms with E-state index in [1.54, 1.807) is 13.2 Å². The first kappa shape index (κ1) is 19.1. The van der Waals surface area contributed by atoms with E-state index < -0.39 is 0 Å². The maximum Gasteiger partial charge on any atom is 0.267 e. The van der Waals surface area contributed by atoms with Crippen LogP contribution >= 0.6 is 22.7 Å². The number of carbonyl (C=O) groups is 2. The molecule has 2 heterocycles. The number of nitrogens with zero attached hydrogens (tertiary/aromatic N) is 1. The number of methoxy groups -OCH3 is 1. The van der Waals surface area contributed by atoms with Crippen molar-refractivity contribution >= 4 is 39.6 Å². The fraction of sp³-hybridized carbons (Fsp3) is 0.211. The van der Waals surface area contributed by atoms with Crippen LogP contribution in [0.5, 0.6) is 5.75 Å². The summed E-state index contributed by atoms with van der Waals surface area (Å²) in [5.74, 6) is 0.482. The van der Waals surface area contributed by atoms with Gasteiger partial charge >= 0.3 is 0 Å². The van der Waals surface area contributed by atoms with E-state index in [4.69, 9.17) is 4.74 Å². The number of hydrogen-bond acceptors (Lipinski definition) is 6. The smallest absolute Gasteiger partial charge is 0.267 e. The van der Waals surface area contributed by atoms with Crippen LogP contribution in [-0.2, 0) is 11.3 Å². The molecule has 0 bridgehead atoms. The van der Waals surface area contributed by atoms with Crippen molar-refractivity contribution in [1.29, 1.82) is 0 Å². The summed E-state index contributed by atoms with van der Waals surface area (Å²) in [6, 6.07) is 11.2. The lowest BCUT2D eigenvalue weighted by Gasteiger charge is -2.02. The van der Waals surface area contributed by atoms with Crippen molar-refractivity contribution in [2.45, 2.75) is 20.4 Å². The van der Waals surface area contributed by atoms with Gasteiger partial charge in [-0.25, -0.2) is 4.98 Å². The Labute approximate surface area is 165 Å². The van der Waals surface area contributed by atoms with E-state index in [2.05, 4.69) is 15.6 Å². The number of thiophene rings is 1. The van der Waals surface area contributed by atoms with Crippen LogP contribution in [0.15, 0.2) is 36.4 Å². The molecule has 2 N–H and O–H groups in total. The van der Waals surface area contributed by atoms with E-state index in [9.17, 15) is 9.59 Å². The molecule has 0 aliphatic rings. The quantitative estimate of drug-likeness (QED) is 0.652. The van der Waals surface area contributed by atoms with Crippen LogP contribution in [0.1, 0.15) is 26.3 Å². The Balaban J connectivity index is 1.70.